The molecule has 106 valence electrons. The summed E-state index contributed by atoms with van der Waals surface area (Å²) in [5.74, 6) is -0.671. The van der Waals surface area contributed by atoms with Crippen LogP contribution in [0, 0.1) is 5.82 Å². The molecule has 5 heteroatoms. The molecule has 3 aromatic rings. The summed E-state index contributed by atoms with van der Waals surface area (Å²) in [7, 11) is 0. The number of benzene rings is 2. The molecule has 1 aromatic heterocycles. The van der Waals surface area contributed by atoms with Gasteiger partial charge in [-0.05, 0) is 31.2 Å². The van der Waals surface area contributed by atoms with Gasteiger partial charge in [-0.3, -0.25) is 0 Å². The van der Waals surface area contributed by atoms with E-state index >= 15 is 0 Å². The third kappa shape index (κ3) is 2.64. The van der Waals surface area contributed by atoms with Gasteiger partial charge in [-0.2, -0.15) is 0 Å². The number of fused-ring (bicyclic) bond motifs is 1. The Morgan fingerprint density at radius 2 is 2.10 bits per heavy atom. The number of thiazole rings is 1. The molecule has 0 radical (unpaired) electrons. The molecule has 0 aliphatic carbocycles. The largest absolute Gasteiger partial charge is 0.462 e. The van der Waals surface area contributed by atoms with E-state index in [1.165, 1.54) is 23.5 Å². The Labute approximate surface area is 125 Å². The van der Waals surface area contributed by atoms with E-state index < -0.39 is 0 Å². The second-order valence-corrected chi connectivity index (χ2v) is 5.43. The molecule has 2 aromatic carbocycles. The number of hydrogen-bond acceptors (Lipinski definition) is 4. The Morgan fingerprint density at radius 1 is 1.29 bits per heavy atom. The van der Waals surface area contributed by atoms with E-state index in [1.807, 2.05) is 12.1 Å². The van der Waals surface area contributed by atoms with Crippen LogP contribution in [0.25, 0.3) is 20.8 Å². The zero-order chi connectivity index (χ0) is 14.8. The summed E-state index contributed by atoms with van der Waals surface area (Å²) in [6.45, 7) is 2.08. The summed E-state index contributed by atoms with van der Waals surface area (Å²) in [6.07, 6.45) is 0. The maximum atomic E-state index is 13.3. The smallest absolute Gasteiger partial charge is 0.338 e. The topological polar surface area (TPSA) is 39.2 Å². The quantitative estimate of drug-likeness (QED) is 0.678. The molecule has 0 bridgehead atoms. The fourth-order valence-electron chi connectivity index (χ4n) is 2.07. The van der Waals surface area contributed by atoms with E-state index in [1.54, 1.807) is 25.1 Å². The van der Waals surface area contributed by atoms with Crippen LogP contribution in [-0.2, 0) is 4.74 Å². The van der Waals surface area contributed by atoms with Crippen molar-refractivity contribution in [3.05, 3.63) is 53.8 Å². The SMILES string of the molecule is CCOC(=O)c1ccccc1-c1nc2ccc(F)cc2s1. The van der Waals surface area contributed by atoms with Crippen LogP contribution in [0.5, 0.6) is 0 Å². The lowest BCUT2D eigenvalue weighted by atomic mass is 10.1. The third-order valence-corrected chi connectivity index (χ3v) is 4.05. The summed E-state index contributed by atoms with van der Waals surface area (Å²) < 4.78 is 19.1. The van der Waals surface area contributed by atoms with Gasteiger partial charge in [0.15, 0.2) is 0 Å². The van der Waals surface area contributed by atoms with E-state index in [0.29, 0.717) is 22.7 Å². The van der Waals surface area contributed by atoms with Crippen LogP contribution in [0.3, 0.4) is 0 Å². The van der Waals surface area contributed by atoms with Gasteiger partial charge in [0.2, 0.25) is 0 Å². The number of aromatic nitrogens is 1. The van der Waals surface area contributed by atoms with Crippen LogP contribution in [0.4, 0.5) is 4.39 Å². The number of carbonyl (C=O) groups is 1. The molecule has 21 heavy (non-hydrogen) atoms. The Morgan fingerprint density at radius 3 is 2.90 bits per heavy atom. The minimum atomic E-state index is -0.376. The van der Waals surface area contributed by atoms with Gasteiger partial charge >= 0.3 is 5.97 Å². The lowest BCUT2D eigenvalue weighted by molar-refractivity contribution is 0.0527. The first-order valence-corrected chi connectivity index (χ1v) is 7.33. The molecule has 0 unspecified atom stereocenters. The fourth-order valence-corrected chi connectivity index (χ4v) is 3.10. The number of nitrogens with zero attached hydrogens (tertiary/aromatic N) is 1. The minimum Gasteiger partial charge on any atom is -0.462 e. The number of hydrogen-bond donors (Lipinski definition) is 0. The van der Waals surface area contributed by atoms with E-state index in [4.69, 9.17) is 4.74 Å². The monoisotopic (exact) mass is 301 g/mol. The first-order valence-electron chi connectivity index (χ1n) is 6.51. The van der Waals surface area contributed by atoms with Crippen molar-refractivity contribution >= 4 is 27.5 Å². The molecule has 3 nitrogen and oxygen atoms in total. The maximum Gasteiger partial charge on any atom is 0.338 e. The van der Waals surface area contributed by atoms with Crippen LogP contribution in [0.1, 0.15) is 17.3 Å². The van der Waals surface area contributed by atoms with Gasteiger partial charge in [0, 0.05) is 5.56 Å². The fraction of sp³-hybridized carbons (Fsp3) is 0.125. The molecule has 0 amide bonds. The van der Waals surface area contributed by atoms with Crippen molar-refractivity contribution in [1.82, 2.24) is 4.98 Å². The van der Waals surface area contributed by atoms with E-state index in [2.05, 4.69) is 4.98 Å². The summed E-state index contributed by atoms with van der Waals surface area (Å²) in [6, 6.07) is 11.6. The maximum absolute atomic E-state index is 13.3. The molecular formula is C16H12FNO2S. The average Bonchev–Trinajstić information content (AvgIpc) is 2.90. The van der Waals surface area contributed by atoms with Crippen molar-refractivity contribution in [3.8, 4) is 10.6 Å². The summed E-state index contributed by atoms with van der Waals surface area (Å²) in [4.78, 5) is 16.5. The summed E-state index contributed by atoms with van der Waals surface area (Å²) in [5.41, 5.74) is 1.89. The second-order valence-electron chi connectivity index (χ2n) is 4.40. The highest BCUT2D eigenvalue weighted by atomic mass is 32.1. The highest BCUT2D eigenvalue weighted by molar-refractivity contribution is 7.21. The third-order valence-electron chi connectivity index (χ3n) is 3.00. The van der Waals surface area contributed by atoms with Crippen LogP contribution >= 0.6 is 11.3 Å². The van der Waals surface area contributed by atoms with Gasteiger partial charge in [0.1, 0.15) is 10.8 Å². The van der Waals surface area contributed by atoms with Crippen LogP contribution < -0.4 is 0 Å². The first kappa shape index (κ1) is 13.7. The number of ether oxygens (including phenoxy) is 1. The van der Waals surface area contributed by atoms with E-state index in [9.17, 15) is 9.18 Å². The van der Waals surface area contributed by atoms with Crippen molar-refractivity contribution in [1.29, 1.82) is 0 Å². The van der Waals surface area contributed by atoms with Crippen molar-refractivity contribution < 1.29 is 13.9 Å². The zero-order valence-electron chi connectivity index (χ0n) is 11.3. The molecule has 0 atom stereocenters. The standard InChI is InChI=1S/C16H12FNO2S/c1-2-20-16(19)12-6-4-3-5-11(12)15-18-13-8-7-10(17)9-14(13)21-15/h3-9H,2H2,1H3. The lowest BCUT2D eigenvalue weighted by Gasteiger charge is -2.05. The van der Waals surface area contributed by atoms with Gasteiger partial charge in [-0.1, -0.05) is 18.2 Å². The highest BCUT2D eigenvalue weighted by Crippen LogP contribution is 2.32. The molecule has 3 rings (SSSR count). The molecule has 0 fully saturated rings. The number of rotatable bonds is 3. The van der Waals surface area contributed by atoms with Gasteiger partial charge in [0.05, 0.1) is 22.4 Å². The van der Waals surface area contributed by atoms with Gasteiger partial charge in [0.25, 0.3) is 0 Å². The predicted octanol–water partition coefficient (Wildman–Crippen LogP) is 4.28. The van der Waals surface area contributed by atoms with Crippen molar-refractivity contribution in [2.24, 2.45) is 0 Å². The minimum absolute atomic E-state index is 0.295. The molecule has 0 aliphatic rings. The van der Waals surface area contributed by atoms with Gasteiger partial charge in [-0.15, -0.1) is 11.3 Å². The molecule has 0 spiro atoms. The van der Waals surface area contributed by atoms with Crippen LogP contribution in [-0.4, -0.2) is 17.6 Å². The van der Waals surface area contributed by atoms with E-state index in [0.717, 1.165) is 10.2 Å². The second kappa shape index (κ2) is 5.61. The Kier molecular flexibility index (Phi) is 3.66. The van der Waals surface area contributed by atoms with Gasteiger partial charge < -0.3 is 4.74 Å². The summed E-state index contributed by atoms with van der Waals surface area (Å²) in [5, 5.41) is 0.680. The molecule has 1 heterocycles. The van der Waals surface area contributed by atoms with Crippen molar-refractivity contribution in [2.45, 2.75) is 6.92 Å². The number of esters is 1. The van der Waals surface area contributed by atoms with Crippen molar-refractivity contribution in [2.75, 3.05) is 6.61 Å². The predicted molar refractivity (Wildman–Crippen MR) is 81.0 cm³/mol. The highest BCUT2D eigenvalue weighted by Gasteiger charge is 2.16. The molecular weight excluding hydrogens is 289 g/mol. The normalized spacial score (nSPS) is 10.8. The Bertz CT molecular complexity index is 813. The Hall–Kier alpha value is -2.27. The van der Waals surface area contributed by atoms with Crippen molar-refractivity contribution in [3.63, 3.8) is 0 Å². The van der Waals surface area contributed by atoms with E-state index in [-0.39, 0.29) is 11.8 Å². The zero-order valence-corrected chi connectivity index (χ0v) is 12.1. The molecule has 0 aliphatic heterocycles. The van der Waals surface area contributed by atoms with Gasteiger partial charge in [-0.25, -0.2) is 14.2 Å². The Balaban J connectivity index is 2.12. The average molecular weight is 301 g/mol. The molecule has 0 N–H and O–H groups in total. The number of carbonyl (C=O) groups excluding carboxylic acids is 1. The number of halogens is 1. The van der Waals surface area contributed by atoms with Crippen LogP contribution in [0.2, 0.25) is 0 Å². The summed E-state index contributed by atoms with van der Waals surface area (Å²) >= 11 is 1.36. The lowest BCUT2D eigenvalue weighted by Crippen LogP contribution is -2.06. The first-order chi connectivity index (χ1) is 10.2. The molecule has 0 saturated carbocycles. The van der Waals surface area contributed by atoms with Crippen LogP contribution in [0.15, 0.2) is 42.5 Å². The molecule has 0 saturated heterocycles.